The van der Waals surface area contributed by atoms with Crippen molar-refractivity contribution in [3.05, 3.63) is 0 Å². The van der Waals surface area contributed by atoms with E-state index in [0.717, 1.165) is 38.5 Å². The van der Waals surface area contributed by atoms with Gasteiger partial charge in [-0.05, 0) is 19.3 Å². The molecule has 0 saturated heterocycles. The molecular weight excluding hydrogens is 242 g/mol. The number of unbranched alkanes of at least 4 members (excludes halogenated alkanes) is 3. The van der Waals surface area contributed by atoms with Crippen molar-refractivity contribution in [1.82, 2.24) is 15.5 Å². The Balaban J connectivity index is 4.25. The lowest BCUT2D eigenvalue weighted by Gasteiger charge is -2.21. The maximum atomic E-state index is 12.0. The second kappa shape index (κ2) is 11.8. The molecule has 0 unspecified atom stereocenters. The van der Waals surface area contributed by atoms with Crippen LogP contribution in [0, 0.1) is 0 Å². The maximum absolute atomic E-state index is 12.0. The maximum Gasteiger partial charge on any atom is 0.325 e. The number of carbonyl (C=O) groups is 2. The van der Waals surface area contributed by atoms with Gasteiger partial charge in [-0.3, -0.25) is 0 Å². The van der Waals surface area contributed by atoms with E-state index in [9.17, 15) is 9.59 Å². The highest BCUT2D eigenvalue weighted by atomic mass is 16.2. The van der Waals surface area contributed by atoms with E-state index in [2.05, 4.69) is 24.5 Å². The van der Waals surface area contributed by atoms with Gasteiger partial charge < -0.3 is 10.6 Å². The molecule has 0 radical (unpaired) electrons. The molecule has 0 aromatic carbocycles. The summed E-state index contributed by atoms with van der Waals surface area (Å²) in [6.45, 7) is 7.91. The summed E-state index contributed by atoms with van der Waals surface area (Å²) in [7, 11) is 0. The number of nitrogens with zero attached hydrogens (tertiary/aromatic N) is 1. The summed E-state index contributed by atoms with van der Waals surface area (Å²) in [5.74, 6) is 0. The van der Waals surface area contributed by atoms with Crippen molar-refractivity contribution < 1.29 is 9.59 Å². The van der Waals surface area contributed by atoms with Gasteiger partial charge in [0.25, 0.3) is 0 Å². The fourth-order valence-electron chi connectivity index (χ4n) is 1.55. The predicted octanol–water partition coefficient (Wildman–Crippen LogP) is 3.11. The molecule has 0 aromatic rings. The van der Waals surface area contributed by atoms with E-state index >= 15 is 0 Å². The Morgan fingerprint density at radius 1 is 0.789 bits per heavy atom. The average molecular weight is 271 g/mol. The van der Waals surface area contributed by atoms with Crippen LogP contribution in [0.25, 0.3) is 0 Å². The van der Waals surface area contributed by atoms with Crippen LogP contribution in [0.1, 0.15) is 59.3 Å². The molecule has 19 heavy (non-hydrogen) atoms. The van der Waals surface area contributed by atoms with Crippen molar-refractivity contribution in [3.8, 4) is 0 Å². The van der Waals surface area contributed by atoms with E-state index in [4.69, 9.17) is 0 Å². The summed E-state index contributed by atoms with van der Waals surface area (Å²) in [4.78, 5) is 25.2. The topological polar surface area (TPSA) is 61.4 Å². The van der Waals surface area contributed by atoms with Gasteiger partial charge in [0.15, 0.2) is 0 Å². The van der Waals surface area contributed by atoms with Gasteiger partial charge in [0.2, 0.25) is 0 Å². The van der Waals surface area contributed by atoms with Crippen LogP contribution in [-0.2, 0) is 0 Å². The molecule has 0 aromatic heterocycles. The molecule has 0 saturated carbocycles. The van der Waals surface area contributed by atoms with E-state index in [1.807, 2.05) is 6.92 Å². The van der Waals surface area contributed by atoms with Gasteiger partial charge in [-0.2, -0.15) is 0 Å². The molecule has 4 amide bonds. The van der Waals surface area contributed by atoms with Crippen LogP contribution in [0.5, 0.6) is 0 Å². The second-order valence-corrected chi connectivity index (χ2v) is 4.68. The van der Waals surface area contributed by atoms with Gasteiger partial charge in [0, 0.05) is 19.6 Å². The number of rotatable bonds is 9. The molecule has 0 spiro atoms. The lowest BCUT2D eigenvalue weighted by Crippen LogP contribution is -2.49. The second-order valence-electron chi connectivity index (χ2n) is 4.68. The molecular formula is C14H29N3O2. The zero-order valence-electron chi connectivity index (χ0n) is 12.6. The first kappa shape index (κ1) is 17.7. The van der Waals surface area contributed by atoms with Crippen molar-refractivity contribution in [2.75, 3.05) is 19.6 Å². The average Bonchev–Trinajstić information content (AvgIpc) is 2.40. The molecule has 0 aliphatic heterocycles. The minimum Gasteiger partial charge on any atom is -0.338 e. The van der Waals surface area contributed by atoms with Crippen LogP contribution >= 0.6 is 0 Å². The number of urea groups is 2. The fraction of sp³-hybridized carbons (Fsp3) is 0.857. The summed E-state index contributed by atoms with van der Waals surface area (Å²) in [6, 6.07) is -0.563. The molecule has 0 aliphatic rings. The fourth-order valence-corrected chi connectivity index (χ4v) is 1.55. The molecule has 5 heteroatoms. The minimum absolute atomic E-state index is 0.282. The Morgan fingerprint density at radius 3 is 1.58 bits per heavy atom. The molecule has 2 N–H and O–H groups in total. The summed E-state index contributed by atoms with van der Waals surface area (Å²) < 4.78 is 0. The number of hydrogen-bond donors (Lipinski definition) is 2. The van der Waals surface area contributed by atoms with E-state index in [1.54, 1.807) is 0 Å². The summed E-state index contributed by atoms with van der Waals surface area (Å²) in [5.41, 5.74) is 0. The van der Waals surface area contributed by atoms with E-state index in [-0.39, 0.29) is 12.1 Å². The van der Waals surface area contributed by atoms with Crippen molar-refractivity contribution in [1.29, 1.82) is 0 Å². The van der Waals surface area contributed by atoms with Crippen LogP contribution in [-0.4, -0.2) is 36.6 Å². The van der Waals surface area contributed by atoms with Gasteiger partial charge in [-0.15, -0.1) is 0 Å². The Kier molecular flexibility index (Phi) is 11.0. The van der Waals surface area contributed by atoms with Crippen molar-refractivity contribution >= 4 is 12.1 Å². The molecule has 0 aliphatic carbocycles. The van der Waals surface area contributed by atoms with E-state index in [1.165, 1.54) is 4.90 Å². The predicted molar refractivity (Wildman–Crippen MR) is 78.2 cm³/mol. The quantitative estimate of drug-likeness (QED) is 0.633. The highest BCUT2D eigenvalue weighted by molar-refractivity contribution is 5.93. The summed E-state index contributed by atoms with van der Waals surface area (Å²) in [6.07, 6.45) is 5.72. The SMILES string of the molecule is CCCCNC(=O)N(CCCC)C(=O)NCCCC. The molecule has 0 fully saturated rings. The smallest absolute Gasteiger partial charge is 0.325 e. The van der Waals surface area contributed by atoms with Crippen LogP contribution in [0.3, 0.4) is 0 Å². The first-order chi connectivity index (χ1) is 9.17. The zero-order valence-corrected chi connectivity index (χ0v) is 12.6. The lowest BCUT2D eigenvalue weighted by molar-refractivity contribution is 0.185. The van der Waals surface area contributed by atoms with Crippen molar-refractivity contribution in [2.24, 2.45) is 0 Å². The van der Waals surface area contributed by atoms with Crippen LogP contribution < -0.4 is 10.6 Å². The van der Waals surface area contributed by atoms with Gasteiger partial charge in [-0.25, -0.2) is 14.5 Å². The van der Waals surface area contributed by atoms with E-state index in [0.29, 0.717) is 19.6 Å². The van der Waals surface area contributed by atoms with Crippen LogP contribution in [0.4, 0.5) is 9.59 Å². The molecule has 0 heterocycles. The van der Waals surface area contributed by atoms with Crippen LogP contribution in [0.15, 0.2) is 0 Å². The molecule has 0 atom stereocenters. The highest BCUT2D eigenvalue weighted by Crippen LogP contribution is 1.98. The number of hydrogen-bond acceptors (Lipinski definition) is 2. The first-order valence-electron chi connectivity index (χ1n) is 7.50. The highest BCUT2D eigenvalue weighted by Gasteiger charge is 2.19. The van der Waals surface area contributed by atoms with Crippen molar-refractivity contribution in [3.63, 3.8) is 0 Å². The summed E-state index contributed by atoms with van der Waals surface area (Å²) >= 11 is 0. The third-order valence-electron chi connectivity index (χ3n) is 2.84. The number of nitrogens with one attached hydrogen (secondary N) is 2. The first-order valence-corrected chi connectivity index (χ1v) is 7.50. The largest absolute Gasteiger partial charge is 0.338 e. The molecule has 0 bridgehead atoms. The van der Waals surface area contributed by atoms with Gasteiger partial charge >= 0.3 is 12.1 Å². The Bertz CT molecular complexity index is 235. The standard InChI is InChI=1S/C14H29N3O2/c1-4-7-10-15-13(18)17(12-9-6-3)14(19)16-11-8-5-2/h4-12H2,1-3H3,(H,15,18)(H,16,19). The monoisotopic (exact) mass is 271 g/mol. The normalized spacial score (nSPS) is 10.1. The third-order valence-corrected chi connectivity index (χ3v) is 2.84. The number of amides is 4. The Morgan fingerprint density at radius 2 is 1.21 bits per heavy atom. The van der Waals surface area contributed by atoms with Gasteiger partial charge in [-0.1, -0.05) is 40.0 Å². The van der Waals surface area contributed by atoms with Crippen LogP contribution in [0.2, 0.25) is 0 Å². The Hall–Kier alpha value is -1.26. The number of carbonyl (C=O) groups excluding carboxylic acids is 2. The van der Waals surface area contributed by atoms with E-state index < -0.39 is 0 Å². The molecule has 0 rings (SSSR count). The van der Waals surface area contributed by atoms with Gasteiger partial charge in [0.1, 0.15) is 0 Å². The van der Waals surface area contributed by atoms with Gasteiger partial charge in [0.05, 0.1) is 0 Å². The molecule has 5 nitrogen and oxygen atoms in total. The minimum atomic E-state index is -0.282. The lowest BCUT2D eigenvalue weighted by atomic mass is 10.3. The van der Waals surface area contributed by atoms with Crippen molar-refractivity contribution in [2.45, 2.75) is 59.3 Å². The number of imide groups is 1. The summed E-state index contributed by atoms with van der Waals surface area (Å²) in [5, 5.41) is 5.58. The zero-order chi connectivity index (χ0) is 14.5. The third kappa shape index (κ3) is 8.46. The Labute approximate surface area is 117 Å². The molecule has 112 valence electrons.